The zero-order valence-electron chi connectivity index (χ0n) is 16.0. The van der Waals surface area contributed by atoms with Crippen molar-refractivity contribution >= 4 is 23.4 Å². The lowest BCUT2D eigenvalue weighted by Crippen LogP contribution is -2.48. The van der Waals surface area contributed by atoms with Gasteiger partial charge in [-0.1, -0.05) is 32.4 Å². The molecule has 0 aliphatic carbocycles. The highest BCUT2D eigenvalue weighted by atomic mass is 35.5. The third-order valence-electron chi connectivity index (χ3n) is 4.12. The number of aromatic nitrogens is 2. The Morgan fingerprint density at radius 2 is 1.89 bits per heavy atom. The normalized spacial score (nSPS) is 13.2. The van der Waals surface area contributed by atoms with Crippen LogP contribution in [0.5, 0.6) is 0 Å². The number of benzene rings is 1. The molecule has 2 amide bonds. The van der Waals surface area contributed by atoms with Gasteiger partial charge in [0.05, 0.1) is 0 Å². The summed E-state index contributed by atoms with van der Waals surface area (Å²) < 4.78 is 1.84. The third-order valence-corrected chi connectivity index (χ3v) is 4.37. The number of hydrogen-bond donors (Lipinski definition) is 2. The van der Waals surface area contributed by atoms with E-state index in [9.17, 15) is 9.59 Å². The van der Waals surface area contributed by atoms with Crippen LogP contribution in [-0.4, -0.2) is 34.2 Å². The molecule has 0 aliphatic rings. The van der Waals surface area contributed by atoms with Crippen LogP contribution >= 0.6 is 11.6 Å². The van der Waals surface area contributed by atoms with Crippen molar-refractivity contribution < 1.29 is 9.59 Å². The molecule has 0 saturated heterocycles. The zero-order chi connectivity index (χ0) is 19.8. The number of hydrogen-bond acceptors (Lipinski definition) is 3. The van der Waals surface area contributed by atoms with Crippen molar-refractivity contribution in [2.24, 2.45) is 11.8 Å². The Labute approximate surface area is 165 Å². The largest absolute Gasteiger partial charge is 0.354 e. The van der Waals surface area contributed by atoms with Gasteiger partial charge in [0.25, 0.3) is 5.91 Å². The molecule has 2 unspecified atom stereocenters. The zero-order valence-corrected chi connectivity index (χ0v) is 16.7. The number of nitrogens with one attached hydrogen (secondary N) is 2. The van der Waals surface area contributed by atoms with Gasteiger partial charge in [-0.15, -0.1) is 0 Å². The number of halogens is 1. The van der Waals surface area contributed by atoms with Gasteiger partial charge < -0.3 is 10.6 Å². The molecular formula is C20H27ClN4O2. The molecule has 0 aliphatic heterocycles. The van der Waals surface area contributed by atoms with Crippen LogP contribution in [-0.2, 0) is 11.3 Å². The lowest BCUT2D eigenvalue weighted by atomic mass is 10.0. The van der Waals surface area contributed by atoms with Crippen molar-refractivity contribution in [3.63, 3.8) is 0 Å². The minimum Gasteiger partial charge on any atom is -0.354 e. The smallest absolute Gasteiger partial charge is 0.251 e. The number of carbonyl (C=O) groups excluding carboxylic acids is 2. The van der Waals surface area contributed by atoms with E-state index >= 15 is 0 Å². The summed E-state index contributed by atoms with van der Waals surface area (Å²) in [4.78, 5) is 25.1. The lowest BCUT2D eigenvalue weighted by molar-refractivity contribution is -0.123. The van der Waals surface area contributed by atoms with Crippen LogP contribution in [0.4, 0.5) is 0 Å². The maximum absolute atomic E-state index is 12.6. The van der Waals surface area contributed by atoms with Crippen molar-refractivity contribution in [1.82, 2.24) is 20.4 Å². The predicted octanol–water partition coefficient (Wildman–Crippen LogP) is 3.13. The van der Waals surface area contributed by atoms with Crippen LogP contribution in [0.25, 0.3) is 0 Å². The highest BCUT2D eigenvalue weighted by Gasteiger charge is 2.22. The van der Waals surface area contributed by atoms with Gasteiger partial charge in [-0.25, -0.2) is 0 Å². The van der Waals surface area contributed by atoms with E-state index in [-0.39, 0.29) is 23.7 Å². The highest BCUT2D eigenvalue weighted by molar-refractivity contribution is 6.30. The van der Waals surface area contributed by atoms with Crippen molar-refractivity contribution in [3.8, 4) is 0 Å². The fourth-order valence-corrected chi connectivity index (χ4v) is 2.86. The Hall–Kier alpha value is -2.34. The monoisotopic (exact) mass is 390 g/mol. The Bertz CT molecular complexity index is 729. The van der Waals surface area contributed by atoms with E-state index in [1.807, 2.05) is 37.7 Å². The first-order valence-electron chi connectivity index (χ1n) is 9.16. The molecule has 146 valence electrons. The summed E-state index contributed by atoms with van der Waals surface area (Å²) in [6, 6.07) is 7.90. The molecule has 2 N–H and O–H groups in total. The van der Waals surface area contributed by atoms with E-state index in [0.717, 1.165) is 6.54 Å². The van der Waals surface area contributed by atoms with Crippen LogP contribution in [0.3, 0.4) is 0 Å². The number of rotatable bonds is 9. The summed E-state index contributed by atoms with van der Waals surface area (Å²) in [7, 11) is 0. The third kappa shape index (κ3) is 7.06. The van der Waals surface area contributed by atoms with E-state index in [4.69, 9.17) is 11.6 Å². The highest BCUT2D eigenvalue weighted by Crippen LogP contribution is 2.11. The van der Waals surface area contributed by atoms with Crippen LogP contribution in [0.1, 0.15) is 37.6 Å². The van der Waals surface area contributed by atoms with Gasteiger partial charge in [0.15, 0.2) is 0 Å². The summed E-state index contributed by atoms with van der Waals surface area (Å²) in [6.45, 7) is 7.33. The van der Waals surface area contributed by atoms with Crippen molar-refractivity contribution in [1.29, 1.82) is 0 Å². The minimum absolute atomic E-state index is 0.168. The van der Waals surface area contributed by atoms with Gasteiger partial charge in [0.1, 0.15) is 6.04 Å². The molecule has 0 radical (unpaired) electrons. The molecule has 27 heavy (non-hydrogen) atoms. The summed E-state index contributed by atoms with van der Waals surface area (Å²) in [5.41, 5.74) is 0.480. The van der Waals surface area contributed by atoms with Crippen LogP contribution in [0.15, 0.2) is 42.7 Å². The van der Waals surface area contributed by atoms with Gasteiger partial charge in [0, 0.05) is 36.1 Å². The van der Waals surface area contributed by atoms with E-state index in [2.05, 4.69) is 15.7 Å². The number of amides is 2. The number of carbonyl (C=O) groups is 2. The maximum Gasteiger partial charge on any atom is 0.251 e. The van der Waals surface area contributed by atoms with E-state index in [1.165, 1.54) is 0 Å². The topological polar surface area (TPSA) is 76.0 Å². The lowest BCUT2D eigenvalue weighted by Gasteiger charge is -2.21. The molecule has 2 rings (SSSR count). The van der Waals surface area contributed by atoms with Gasteiger partial charge in [-0.05, 0) is 48.6 Å². The Morgan fingerprint density at radius 3 is 2.48 bits per heavy atom. The van der Waals surface area contributed by atoms with Crippen molar-refractivity contribution in [2.45, 2.75) is 39.8 Å². The minimum atomic E-state index is -0.579. The first-order chi connectivity index (χ1) is 12.8. The summed E-state index contributed by atoms with van der Waals surface area (Å²) in [5.74, 6) is 0.0451. The average molecular weight is 391 g/mol. The molecule has 0 fully saturated rings. The maximum atomic E-state index is 12.6. The molecule has 1 aromatic carbocycles. The Balaban J connectivity index is 1.92. The second kappa shape index (κ2) is 10.1. The Morgan fingerprint density at radius 1 is 1.19 bits per heavy atom. The van der Waals surface area contributed by atoms with E-state index < -0.39 is 6.04 Å². The summed E-state index contributed by atoms with van der Waals surface area (Å²) in [6.07, 6.45) is 4.20. The second-order valence-corrected chi connectivity index (χ2v) is 7.68. The van der Waals surface area contributed by atoms with Gasteiger partial charge in [0.2, 0.25) is 5.91 Å². The molecule has 6 nitrogen and oxygen atoms in total. The fraction of sp³-hybridized carbons (Fsp3) is 0.450. The molecular weight excluding hydrogens is 364 g/mol. The van der Waals surface area contributed by atoms with Crippen LogP contribution in [0.2, 0.25) is 5.02 Å². The molecule has 0 bridgehead atoms. The van der Waals surface area contributed by atoms with Crippen molar-refractivity contribution in [2.75, 3.05) is 6.54 Å². The summed E-state index contributed by atoms with van der Waals surface area (Å²) in [5, 5.41) is 10.5. The van der Waals surface area contributed by atoms with Crippen LogP contribution in [0, 0.1) is 11.8 Å². The van der Waals surface area contributed by atoms with Gasteiger partial charge in [-0.3, -0.25) is 14.3 Å². The van der Waals surface area contributed by atoms with Crippen LogP contribution < -0.4 is 10.6 Å². The quantitative estimate of drug-likeness (QED) is 0.690. The molecule has 1 heterocycles. The molecule has 1 aromatic heterocycles. The summed E-state index contributed by atoms with van der Waals surface area (Å²) >= 11 is 5.86. The standard InChI is InChI=1S/C20H27ClN4O2/c1-14(2)11-18(24-19(26)16-5-7-17(21)8-6-16)20(27)22-12-15(3)13-25-10-4-9-23-25/h4-10,14-15,18H,11-13H2,1-3H3,(H,22,27)(H,24,26). The van der Waals surface area contributed by atoms with E-state index in [0.29, 0.717) is 23.6 Å². The van der Waals surface area contributed by atoms with Crippen molar-refractivity contribution in [3.05, 3.63) is 53.3 Å². The molecule has 7 heteroatoms. The first kappa shape index (κ1) is 21.0. The van der Waals surface area contributed by atoms with Gasteiger partial charge in [-0.2, -0.15) is 5.10 Å². The fourth-order valence-electron chi connectivity index (χ4n) is 2.74. The predicted molar refractivity (Wildman–Crippen MR) is 107 cm³/mol. The van der Waals surface area contributed by atoms with E-state index in [1.54, 1.807) is 30.5 Å². The van der Waals surface area contributed by atoms with Gasteiger partial charge >= 0.3 is 0 Å². The first-order valence-corrected chi connectivity index (χ1v) is 9.54. The number of nitrogens with zero attached hydrogens (tertiary/aromatic N) is 2. The molecule has 0 spiro atoms. The second-order valence-electron chi connectivity index (χ2n) is 7.24. The average Bonchev–Trinajstić information content (AvgIpc) is 3.12. The molecule has 2 atom stereocenters. The molecule has 0 saturated carbocycles. The Kier molecular flexibility index (Phi) is 7.85. The SMILES string of the molecule is CC(C)CC(NC(=O)c1ccc(Cl)cc1)C(=O)NCC(C)Cn1cccn1. The molecule has 2 aromatic rings.